The number of nitrogens with one attached hydrogen (secondary N) is 1. The maximum Gasteiger partial charge on any atom is 0.262 e. The number of nitrogens with zero attached hydrogens (tertiary/aromatic N) is 4. The van der Waals surface area contributed by atoms with Gasteiger partial charge >= 0.3 is 0 Å². The van der Waals surface area contributed by atoms with Gasteiger partial charge in [0.1, 0.15) is 30.3 Å². The van der Waals surface area contributed by atoms with Crippen molar-refractivity contribution in [1.82, 2.24) is 9.97 Å². The van der Waals surface area contributed by atoms with E-state index in [0.29, 0.717) is 22.6 Å². The Hall–Kier alpha value is -3.90. The minimum Gasteiger partial charge on any atom is -0.347 e. The summed E-state index contributed by atoms with van der Waals surface area (Å²) in [4.78, 5) is 39.6. The van der Waals surface area contributed by atoms with E-state index in [4.69, 9.17) is 18.9 Å². The van der Waals surface area contributed by atoms with Gasteiger partial charge in [-0.25, -0.2) is 9.97 Å². The molecule has 7 rings (SSSR count). The van der Waals surface area contributed by atoms with E-state index in [2.05, 4.69) is 15.3 Å². The fourth-order valence-electron chi connectivity index (χ4n) is 5.73. The van der Waals surface area contributed by atoms with Crippen molar-refractivity contribution in [2.45, 2.75) is 64.4 Å². The molecule has 1 aromatic heterocycles. The van der Waals surface area contributed by atoms with Crippen LogP contribution in [0, 0.1) is 13.8 Å². The maximum atomic E-state index is 14.1. The topological polar surface area (TPSA) is 115 Å². The molecule has 0 saturated carbocycles. The number of carbonyl (C=O) groups is 2. The normalized spacial score (nSPS) is 27.6. The van der Waals surface area contributed by atoms with E-state index in [1.54, 1.807) is 29.2 Å². The van der Waals surface area contributed by atoms with E-state index in [-0.39, 0.29) is 36.4 Å². The fraction of sp³-hybridized carbons (Fsp3) is 0.379. The lowest BCUT2D eigenvalue weighted by atomic mass is 10.1. The van der Waals surface area contributed by atoms with Crippen LogP contribution in [-0.2, 0) is 18.9 Å². The number of fused-ring (bicyclic) bond motifs is 9. The first-order chi connectivity index (χ1) is 19.2. The van der Waals surface area contributed by atoms with Gasteiger partial charge in [-0.15, -0.1) is 0 Å². The third-order valence-electron chi connectivity index (χ3n) is 7.62. The summed E-state index contributed by atoms with van der Waals surface area (Å²) in [7, 11) is 0. The minimum atomic E-state index is -0.904. The van der Waals surface area contributed by atoms with Gasteiger partial charge in [0.05, 0.1) is 6.61 Å². The van der Waals surface area contributed by atoms with E-state index in [1.165, 1.54) is 11.2 Å². The molecule has 4 aliphatic heterocycles. The molecular formula is C29H29N5O6. The Kier molecular flexibility index (Phi) is 5.69. The molecule has 206 valence electrons. The third-order valence-corrected chi connectivity index (χ3v) is 7.62. The van der Waals surface area contributed by atoms with E-state index < -0.39 is 24.5 Å². The van der Waals surface area contributed by atoms with Gasteiger partial charge in [0.2, 0.25) is 6.35 Å². The number of hydrogen-bond acceptors (Lipinski definition) is 9. The number of ether oxygens (including phenoxy) is 4. The number of aromatic nitrogens is 2. The monoisotopic (exact) mass is 543 g/mol. The average Bonchev–Trinajstić information content (AvgIpc) is 3.48. The second-order valence-corrected chi connectivity index (χ2v) is 11.0. The first-order valence-corrected chi connectivity index (χ1v) is 13.2. The largest absolute Gasteiger partial charge is 0.347 e. The molecule has 3 aromatic rings. The average molecular weight is 544 g/mol. The van der Waals surface area contributed by atoms with Crippen molar-refractivity contribution in [1.29, 1.82) is 0 Å². The molecule has 0 radical (unpaired) electrons. The minimum absolute atomic E-state index is 0.169. The van der Waals surface area contributed by atoms with E-state index in [1.807, 2.05) is 52.0 Å². The van der Waals surface area contributed by atoms with Crippen molar-refractivity contribution in [2.24, 2.45) is 0 Å². The second kappa shape index (κ2) is 9.07. The van der Waals surface area contributed by atoms with Crippen LogP contribution in [-0.4, -0.2) is 65.1 Å². The molecule has 5 atom stereocenters. The third kappa shape index (κ3) is 3.96. The number of hydrogen-bond donors (Lipinski definition) is 1. The summed E-state index contributed by atoms with van der Waals surface area (Å²) in [6, 6.07) is 14.5. The smallest absolute Gasteiger partial charge is 0.262 e. The summed E-state index contributed by atoms with van der Waals surface area (Å²) in [6.07, 6.45) is -1.36. The standard InChI is InChI=1S/C29H29N5O6/c1-15-5-9-17(10-6-15)25(35)32-23-20-24(31-14-30-23)34-27-22-21(39-29(3,4)40-22)19(38-27)13-37-28(34)33(20)26(36)18-11-7-16(2)8-12-18/h5-12,14,19,21-22,27-28H,13H2,1-4H3,(H,30,31,32,35)/t19-,21-,22-,27-,28+/m1/s1. The Morgan fingerprint density at radius 1 is 0.925 bits per heavy atom. The highest BCUT2D eigenvalue weighted by molar-refractivity contribution is 6.14. The number of amides is 2. The zero-order valence-electron chi connectivity index (χ0n) is 22.5. The molecule has 5 heterocycles. The zero-order chi connectivity index (χ0) is 27.8. The van der Waals surface area contributed by atoms with Crippen LogP contribution in [0.3, 0.4) is 0 Å². The second-order valence-electron chi connectivity index (χ2n) is 11.0. The van der Waals surface area contributed by atoms with Crippen molar-refractivity contribution in [3.63, 3.8) is 0 Å². The summed E-state index contributed by atoms with van der Waals surface area (Å²) in [5, 5.41) is 2.89. The number of carbonyl (C=O) groups excluding carboxylic acids is 2. The molecule has 2 aromatic carbocycles. The molecule has 2 bridgehead atoms. The van der Waals surface area contributed by atoms with Crippen LogP contribution in [0.25, 0.3) is 0 Å². The molecule has 0 aliphatic carbocycles. The summed E-state index contributed by atoms with van der Waals surface area (Å²) in [6.45, 7) is 7.80. The van der Waals surface area contributed by atoms with E-state index in [9.17, 15) is 9.59 Å². The summed E-state index contributed by atoms with van der Waals surface area (Å²) >= 11 is 0. The summed E-state index contributed by atoms with van der Waals surface area (Å²) < 4.78 is 25.1. The van der Waals surface area contributed by atoms with Crippen LogP contribution in [0.5, 0.6) is 0 Å². The molecule has 0 spiro atoms. The first kappa shape index (κ1) is 25.1. The molecule has 0 unspecified atom stereocenters. The summed E-state index contributed by atoms with van der Waals surface area (Å²) in [5.41, 5.74) is 3.30. The molecular weight excluding hydrogens is 514 g/mol. The van der Waals surface area contributed by atoms with Crippen molar-refractivity contribution in [3.05, 3.63) is 77.1 Å². The van der Waals surface area contributed by atoms with Gasteiger partial charge < -0.3 is 24.3 Å². The predicted octanol–water partition coefficient (Wildman–Crippen LogP) is 3.37. The Labute approximate surface area is 231 Å². The van der Waals surface area contributed by atoms with Crippen LogP contribution >= 0.6 is 0 Å². The summed E-state index contributed by atoms with van der Waals surface area (Å²) in [5.74, 6) is -0.915. The molecule has 3 fully saturated rings. The molecule has 40 heavy (non-hydrogen) atoms. The Morgan fingerprint density at radius 2 is 1.57 bits per heavy atom. The lowest BCUT2D eigenvalue weighted by Gasteiger charge is -2.34. The maximum absolute atomic E-state index is 14.1. The van der Waals surface area contributed by atoms with Crippen molar-refractivity contribution in [3.8, 4) is 0 Å². The Balaban J connectivity index is 1.33. The first-order valence-electron chi connectivity index (χ1n) is 13.2. The molecule has 11 heteroatoms. The van der Waals surface area contributed by atoms with Crippen LogP contribution in [0.15, 0.2) is 54.9 Å². The highest BCUT2D eigenvalue weighted by atomic mass is 16.8. The van der Waals surface area contributed by atoms with Gasteiger partial charge in [0.25, 0.3) is 11.8 Å². The van der Waals surface area contributed by atoms with Gasteiger partial charge in [-0.05, 0) is 52.0 Å². The SMILES string of the molecule is Cc1ccc(C(=O)Nc2ncnc3c2N(C(=O)c2ccc(C)cc2)[C@@H]2OC[C@H]4O[C@H]([C@@H]5OC(C)(C)O[C@@H]54)N32)cc1. The number of anilines is 3. The molecule has 3 saturated heterocycles. The predicted molar refractivity (Wildman–Crippen MR) is 144 cm³/mol. The lowest BCUT2D eigenvalue weighted by molar-refractivity contribution is -0.186. The van der Waals surface area contributed by atoms with Gasteiger partial charge in [-0.2, -0.15) is 0 Å². The number of benzene rings is 2. The van der Waals surface area contributed by atoms with E-state index in [0.717, 1.165) is 11.1 Å². The van der Waals surface area contributed by atoms with Crippen molar-refractivity contribution in [2.75, 3.05) is 21.7 Å². The molecule has 2 amide bonds. The van der Waals surface area contributed by atoms with Gasteiger partial charge in [0, 0.05) is 11.1 Å². The molecule has 11 nitrogen and oxygen atoms in total. The zero-order valence-corrected chi connectivity index (χ0v) is 22.5. The van der Waals surface area contributed by atoms with Crippen molar-refractivity contribution < 1.29 is 28.5 Å². The van der Waals surface area contributed by atoms with Crippen LogP contribution in [0.1, 0.15) is 45.7 Å². The van der Waals surface area contributed by atoms with E-state index >= 15 is 0 Å². The number of aryl methyl sites for hydroxylation is 2. The Bertz CT molecular complexity index is 1490. The molecule has 4 aliphatic rings. The van der Waals surface area contributed by atoms with Crippen molar-refractivity contribution >= 4 is 29.1 Å². The quantitative estimate of drug-likeness (QED) is 0.531. The van der Waals surface area contributed by atoms with Crippen LogP contribution in [0.2, 0.25) is 0 Å². The number of rotatable bonds is 3. The van der Waals surface area contributed by atoms with Crippen LogP contribution in [0.4, 0.5) is 17.3 Å². The Morgan fingerprint density at radius 3 is 2.27 bits per heavy atom. The molecule has 1 N–H and O–H groups in total. The lowest BCUT2D eigenvalue weighted by Crippen LogP contribution is -2.55. The van der Waals surface area contributed by atoms with Gasteiger partial charge in [-0.1, -0.05) is 35.4 Å². The van der Waals surface area contributed by atoms with Gasteiger partial charge in [-0.3, -0.25) is 19.4 Å². The fourth-order valence-corrected chi connectivity index (χ4v) is 5.73. The highest BCUT2D eigenvalue weighted by Gasteiger charge is 2.62. The van der Waals surface area contributed by atoms with Gasteiger partial charge in [0.15, 0.2) is 23.7 Å². The van der Waals surface area contributed by atoms with Crippen LogP contribution < -0.4 is 15.1 Å². The highest BCUT2D eigenvalue weighted by Crippen LogP contribution is 2.50.